The van der Waals surface area contributed by atoms with Gasteiger partial charge in [0.1, 0.15) is 24.0 Å². The van der Waals surface area contributed by atoms with Crippen LogP contribution in [0.25, 0.3) is 6.08 Å². The molecule has 176 valence electrons. The van der Waals surface area contributed by atoms with E-state index < -0.39 is 10.8 Å². The van der Waals surface area contributed by atoms with Gasteiger partial charge in [-0.15, -0.1) is 6.58 Å². The van der Waals surface area contributed by atoms with E-state index in [1.54, 1.807) is 36.4 Å². The van der Waals surface area contributed by atoms with Crippen molar-refractivity contribution >= 4 is 39.3 Å². The Bertz CT molecular complexity index is 1320. The van der Waals surface area contributed by atoms with E-state index in [2.05, 4.69) is 27.8 Å². The molecule has 0 radical (unpaired) electrons. The van der Waals surface area contributed by atoms with Crippen LogP contribution in [0.1, 0.15) is 22.3 Å². The van der Waals surface area contributed by atoms with Crippen LogP contribution in [0.2, 0.25) is 0 Å². The summed E-state index contributed by atoms with van der Waals surface area (Å²) >= 11 is 3.52. The first kappa shape index (κ1) is 25.4. The second kappa shape index (κ2) is 11.8. The Morgan fingerprint density at radius 2 is 1.89 bits per heavy atom. The number of anilines is 1. The normalized spacial score (nSPS) is 10.8. The number of carbonyl (C=O) groups excluding carboxylic acids is 1. The van der Waals surface area contributed by atoms with E-state index in [0.717, 1.165) is 16.7 Å². The molecule has 8 heteroatoms. The van der Waals surface area contributed by atoms with E-state index in [4.69, 9.17) is 4.74 Å². The second-order valence-electron chi connectivity index (χ2n) is 7.69. The summed E-state index contributed by atoms with van der Waals surface area (Å²) in [5.41, 5.74) is 3.86. The predicted molar refractivity (Wildman–Crippen MR) is 139 cm³/mol. The molecule has 0 aliphatic heterocycles. The smallest absolute Gasteiger partial charge is 0.269 e. The van der Waals surface area contributed by atoms with Crippen LogP contribution in [-0.2, 0) is 17.8 Å². The van der Waals surface area contributed by atoms with E-state index in [0.29, 0.717) is 27.9 Å². The lowest BCUT2D eigenvalue weighted by atomic mass is 10.0. The van der Waals surface area contributed by atoms with Crippen LogP contribution in [0.3, 0.4) is 0 Å². The number of allylic oxidation sites excluding steroid dienone is 1. The van der Waals surface area contributed by atoms with Gasteiger partial charge in [0.15, 0.2) is 0 Å². The molecular formula is C27H22BrN3O4. The summed E-state index contributed by atoms with van der Waals surface area (Å²) in [5, 5.41) is 23.1. The molecule has 0 saturated carbocycles. The molecule has 1 amide bonds. The van der Waals surface area contributed by atoms with Crippen molar-refractivity contribution in [2.24, 2.45) is 0 Å². The number of nitro benzene ring substituents is 1. The lowest BCUT2D eigenvalue weighted by Crippen LogP contribution is -2.13. The molecule has 0 fully saturated rings. The van der Waals surface area contributed by atoms with Crippen LogP contribution in [-0.4, -0.2) is 10.8 Å². The molecule has 7 nitrogen and oxygen atoms in total. The number of nitriles is 1. The first-order valence-electron chi connectivity index (χ1n) is 10.6. The summed E-state index contributed by atoms with van der Waals surface area (Å²) in [6.07, 6.45) is 3.73. The van der Waals surface area contributed by atoms with Gasteiger partial charge in [-0.2, -0.15) is 5.26 Å². The Kier molecular flexibility index (Phi) is 8.54. The fourth-order valence-corrected chi connectivity index (χ4v) is 3.88. The maximum absolute atomic E-state index is 12.6. The molecule has 0 heterocycles. The molecule has 0 atom stereocenters. The average Bonchev–Trinajstić information content (AvgIpc) is 2.83. The van der Waals surface area contributed by atoms with E-state index in [1.165, 1.54) is 18.2 Å². The van der Waals surface area contributed by atoms with E-state index in [-0.39, 0.29) is 17.9 Å². The molecule has 3 rings (SSSR count). The van der Waals surface area contributed by atoms with Gasteiger partial charge in [-0.1, -0.05) is 23.8 Å². The first-order valence-corrected chi connectivity index (χ1v) is 11.4. The molecule has 0 aliphatic carbocycles. The van der Waals surface area contributed by atoms with Gasteiger partial charge in [-0.25, -0.2) is 0 Å². The monoisotopic (exact) mass is 531 g/mol. The van der Waals surface area contributed by atoms with Crippen molar-refractivity contribution in [1.29, 1.82) is 5.26 Å². The number of halogens is 1. The zero-order valence-corrected chi connectivity index (χ0v) is 20.5. The number of carbonyl (C=O) groups is 1. The molecule has 0 aromatic heterocycles. The Balaban J connectivity index is 1.82. The van der Waals surface area contributed by atoms with Crippen molar-refractivity contribution < 1.29 is 14.5 Å². The van der Waals surface area contributed by atoms with Crippen LogP contribution >= 0.6 is 15.9 Å². The fraction of sp³-hybridized carbons (Fsp3) is 0.111. The molecule has 3 aromatic rings. The summed E-state index contributed by atoms with van der Waals surface area (Å²) in [4.78, 5) is 23.0. The molecule has 0 unspecified atom stereocenters. The lowest BCUT2D eigenvalue weighted by Gasteiger charge is -2.14. The van der Waals surface area contributed by atoms with Gasteiger partial charge in [0, 0.05) is 17.8 Å². The van der Waals surface area contributed by atoms with Crippen LogP contribution in [0.15, 0.2) is 83.4 Å². The van der Waals surface area contributed by atoms with Crippen molar-refractivity contribution in [3.8, 4) is 11.8 Å². The maximum Gasteiger partial charge on any atom is 0.269 e. The number of nitrogens with zero attached hydrogens (tertiary/aromatic N) is 2. The number of nitro groups is 1. The van der Waals surface area contributed by atoms with Crippen LogP contribution in [0.5, 0.6) is 5.75 Å². The highest BCUT2D eigenvalue weighted by Crippen LogP contribution is 2.33. The van der Waals surface area contributed by atoms with Gasteiger partial charge in [-0.05, 0) is 88.4 Å². The number of aryl methyl sites for hydroxylation is 1. The quantitative estimate of drug-likeness (QED) is 0.111. The highest BCUT2D eigenvalue weighted by Gasteiger charge is 2.14. The number of hydrogen-bond donors (Lipinski definition) is 1. The molecule has 0 saturated heterocycles. The first-order chi connectivity index (χ1) is 16.8. The number of amides is 1. The van der Waals surface area contributed by atoms with Crippen molar-refractivity contribution in [3.05, 3.63) is 116 Å². The van der Waals surface area contributed by atoms with Gasteiger partial charge < -0.3 is 10.1 Å². The lowest BCUT2D eigenvalue weighted by molar-refractivity contribution is -0.384. The minimum absolute atomic E-state index is 0.0122. The van der Waals surface area contributed by atoms with Gasteiger partial charge in [0.05, 0.1) is 9.40 Å². The summed E-state index contributed by atoms with van der Waals surface area (Å²) in [5.74, 6) is 0.0826. The number of hydrogen-bond acceptors (Lipinski definition) is 5. The third-order valence-electron chi connectivity index (χ3n) is 5.02. The predicted octanol–water partition coefficient (Wildman–Crippen LogP) is 6.52. The number of rotatable bonds is 9. The Hall–Kier alpha value is -4.22. The second-order valence-corrected chi connectivity index (χ2v) is 8.54. The minimum atomic E-state index is -0.503. The zero-order chi connectivity index (χ0) is 25.4. The van der Waals surface area contributed by atoms with E-state index >= 15 is 0 Å². The Labute approximate surface area is 211 Å². The molecule has 0 spiro atoms. The van der Waals surface area contributed by atoms with Crippen molar-refractivity contribution in [1.82, 2.24) is 0 Å². The third-order valence-corrected chi connectivity index (χ3v) is 5.61. The standard InChI is InChI=1S/C27H22BrN3O4/c1-3-4-21-13-20(14-22(16-29)27(32)30-23-9-5-18(2)6-10-23)15-25(28)26(21)35-17-19-7-11-24(12-8-19)31(33)34/h3,5-15H,1,4,17H2,2H3,(H,30,32)/b22-14-. The largest absolute Gasteiger partial charge is 0.487 e. The number of benzene rings is 3. The molecule has 3 aromatic carbocycles. The molecule has 35 heavy (non-hydrogen) atoms. The van der Waals surface area contributed by atoms with Crippen LogP contribution in [0.4, 0.5) is 11.4 Å². The average molecular weight is 532 g/mol. The van der Waals surface area contributed by atoms with Crippen LogP contribution in [0, 0.1) is 28.4 Å². The topological polar surface area (TPSA) is 105 Å². The Morgan fingerprint density at radius 3 is 2.49 bits per heavy atom. The van der Waals surface area contributed by atoms with Crippen LogP contribution < -0.4 is 10.1 Å². The van der Waals surface area contributed by atoms with E-state index in [9.17, 15) is 20.2 Å². The van der Waals surface area contributed by atoms with Gasteiger partial charge >= 0.3 is 0 Å². The summed E-state index contributed by atoms with van der Waals surface area (Å²) in [7, 11) is 0. The molecule has 0 bridgehead atoms. The SMILES string of the molecule is C=CCc1cc(/C=C(/C#N)C(=O)Nc2ccc(C)cc2)cc(Br)c1OCc1ccc([N+](=O)[O-])cc1. The number of non-ortho nitro benzene ring substituents is 1. The highest BCUT2D eigenvalue weighted by atomic mass is 79.9. The van der Waals surface area contributed by atoms with Gasteiger partial charge in [0.2, 0.25) is 0 Å². The molecule has 0 aliphatic rings. The third kappa shape index (κ3) is 6.88. The van der Waals surface area contributed by atoms with Crippen molar-refractivity contribution in [2.75, 3.05) is 5.32 Å². The number of nitrogens with one attached hydrogen (secondary N) is 1. The van der Waals surface area contributed by atoms with Crippen molar-refractivity contribution in [3.63, 3.8) is 0 Å². The zero-order valence-electron chi connectivity index (χ0n) is 19.0. The number of ether oxygens (including phenoxy) is 1. The molecule has 1 N–H and O–H groups in total. The summed E-state index contributed by atoms with van der Waals surface area (Å²) in [6.45, 7) is 5.95. The minimum Gasteiger partial charge on any atom is -0.487 e. The Morgan fingerprint density at radius 1 is 1.20 bits per heavy atom. The highest BCUT2D eigenvalue weighted by molar-refractivity contribution is 9.10. The van der Waals surface area contributed by atoms with E-state index in [1.807, 2.05) is 31.2 Å². The van der Waals surface area contributed by atoms with Gasteiger partial charge in [0.25, 0.3) is 11.6 Å². The summed E-state index contributed by atoms with van der Waals surface area (Å²) in [6, 6.07) is 19.0. The van der Waals surface area contributed by atoms with Gasteiger partial charge in [-0.3, -0.25) is 14.9 Å². The summed E-state index contributed by atoms with van der Waals surface area (Å²) < 4.78 is 6.64. The molecular weight excluding hydrogens is 510 g/mol. The maximum atomic E-state index is 12.6. The fourth-order valence-electron chi connectivity index (χ4n) is 3.25. The van der Waals surface area contributed by atoms with Crippen molar-refractivity contribution in [2.45, 2.75) is 20.0 Å².